The van der Waals surface area contributed by atoms with Gasteiger partial charge in [-0.2, -0.15) is 5.10 Å². The second kappa shape index (κ2) is 9.09. The molecule has 3 aromatic heterocycles. The average molecular weight is 504 g/mol. The first-order chi connectivity index (χ1) is 16.7. The van der Waals surface area contributed by atoms with Gasteiger partial charge in [-0.15, -0.1) is 0 Å². The quantitative estimate of drug-likeness (QED) is 0.387. The Morgan fingerprint density at radius 2 is 2.00 bits per heavy atom. The predicted molar refractivity (Wildman–Crippen MR) is 124 cm³/mol. The molecule has 182 valence electrons. The molecule has 0 aliphatic carbocycles. The van der Waals surface area contributed by atoms with Gasteiger partial charge in [-0.1, -0.05) is 11.6 Å². The van der Waals surface area contributed by atoms with E-state index in [2.05, 4.69) is 15.1 Å². The zero-order valence-electron chi connectivity index (χ0n) is 18.9. The molecule has 0 saturated carbocycles. The molecule has 0 bridgehead atoms. The number of rotatable bonds is 4. The van der Waals surface area contributed by atoms with Crippen LogP contribution in [0.1, 0.15) is 48.4 Å². The lowest BCUT2D eigenvalue weighted by Gasteiger charge is -2.29. The van der Waals surface area contributed by atoms with E-state index in [4.69, 9.17) is 16.3 Å². The Bertz CT molecular complexity index is 1490. The van der Waals surface area contributed by atoms with Gasteiger partial charge in [0.1, 0.15) is 11.3 Å². The summed E-state index contributed by atoms with van der Waals surface area (Å²) in [7, 11) is 3.06. The van der Waals surface area contributed by atoms with E-state index in [1.165, 1.54) is 19.2 Å². The second-order valence-electron chi connectivity index (χ2n) is 8.58. The van der Waals surface area contributed by atoms with Crippen LogP contribution in [0, 0.1) is 5.82 Å². The fraction of sp³-hybridized carbons (Fsp3) is 0.333. The second-order valence-corrected chi connectivity index (χ2v) is 9.02. The normalized spacial score (nSPS) is 18.5. The van der Waals surface area contributed by atoms with Gasteiger partial charge in [0.05, 0.1) is 23.4 Å². The number of fused-ring (bicyclic) bond motifs is 1. The van der Waals surface area contributed by atoms with Crippen molar-refractivity contribution in [3.05, 3.63) is 74.9 Å². The minimum atomic E-state index is -2.99. The van der Waals surface area contributed by atoms with E-state index in [-0.39, 0.29) is 39.2 Å². The maximum Gasteiger partial charge on any atom is 0.295 e. The first kappa shape index (κ1) is 23.5. The number of hydrogen-bond donors (Lipinski definition) is 0. The van der Waals surface area contributed by atoms with Crippen molar-refractivity contribution in [1.29, 1.82) is 0 Å². The van der Waals surface area contributed by atoms with Crippen LogP contribution in [0.15, 0.2) is 41.5 Å². The van der Waals surface area contributed by atoms with E-state index >= 15 is 0 Å². The molecule has 0 amide bonds. The summed E-state index contributed by atoms with van der Waals surface area (Å²) in [6.45, 7) is 0.454. The van der Waals surface area contributed by atoms with Crippen LogP contribution in [0.4, 0.5) is 13.2 Å². The van der Waals surface area contributed by atoms with Gasteiger partial charge in [0, 0.05) is 54.7 Å². The standard InChI is InChI=1S/C24H21ClF3N5O2/c1-32-11-13(10-29-32)19-7-12(5-6-35-19)18-9-16-21(31-23(22(27)28)33(2)24(16)34)20(30-18)15-4-3-14(25)8-17(15)26/h3-4,8-12,19,22H,5-7H2,1-2H3/t12-,19+/m1/s1. The summed E-state index contributed by atoms with van der Waals surface area (Å²) in [6, 6.07) is 5.57. The Balaban J connectivity index is 1.70. The Kier molecular flexibility index (Phi) is 6.10. The molecule has 1 aliphatic heterocycles. The van der Waals surface area contributed by atoms with Crippen molar-refractivity contribution in [2.45, 2.75) is 31.3 Å². The molecule has 1 aliphatic rings. The van der Waals surface area contributed by atoms with Crippen LogP contribution < -0.4 is 5.56 Å². The summed E-state index contributed by atoms with van der Waals surface area (Å²) < 4.78 is 50.6. The third kappa shape index (κ3) is 4.32. The molecule has 11 heteroatoms. The predicted octanol–water partition coefficient (Wildman–Crippen LogP) is 5.09. The molecule has 2 atom stereocenters. The first-order valence-corrected chi connectivity index (χ1v) is 11.4. The van der Waals surface area contributed by atoms with Crippen LogP contribution in [0.2, 0.25) is 5.02 Å². The van der Waals surface area contributed by atoms with E-state index in [1.807, 2.05) is 13.2 Å². The molecule has 4 heterocycles. The summed E-state index contributed by atoms with van der Waals surface area (Å²) in [5.41, 5.74) is 0.780. The topological polar surface area (TPSA) is 74.8 Å². The van der Waals surface area contributed by atoms with Gasteiger partial charge in [-0.25, -0.2) is 18.2 Å². The number of benzene rings is 1. The highest BCUT2D eigenvalue weighted by molar-refractivity contribution is 6.30. The number of alkyl halides is 2. The van der Waals surface area contributed by atoms with E-state index in [0.717, 1.165) is 16.2 Å². The van der Waals surface area contributed by atoms with Gasteiger partial charge in [0.2, 0.25) is 0 Å². The summed E-state index contributed by atoms with van der Waals surface area (Å²) in [5.74, 6) is -1.52. The number of pyridine rings is 1. The largest absolute Gasteiger partial charge is 0.373 e. The lowest BCUT2D eigenvalue weighted by atomic mass is 9.89. The molecule has 0 unspecified atom stereocenters. The maximum absolute atomic E-state index is 14.9. The van der Waals surface area contributed by atoms with Crippen molar-refractivity contribution in [2.75, 3.05) is 6.61 Å². The van der Waals surface area contributed by atoms with E-state index in [1.54, 1.807) is 16.9 Å². The lowest BCUT2D eigenvalue weighted by Crippen LogP contribution is -2.24. The van der Waals surface area contributed by atoms with Crippen LogP contribution in [0.25, 0.3) is 22.2 Å². The molecule has 0 spiro atoms. The van der Waals surface area contributed by atoms with Gasteiger partial charge in [-0.3, -0.25) is 19.0 Å². The van der Waals surface area contributed by atoms with Crippen molar-refractivity contribution in [2.24, 2.45) is 14.1 Å². The Hall–Kier alpha value is -3.24. The molecule has 5 rings (SSSR count). The highest BCUT2D eigenvalue weighted by Gasteiger charge is 2.29. The molecule has 35 heavy (non-hydrogen) atoms. The van der Waals surface area contributed by atoms with Crippen LogP contribution >= 0.6 is 11.6 Å². The zero-order chi connectivity index (χ0) is 24.9. The number of ether oxygens (including phenoxy) is 1. The molecular formula is C24H21ClF3N5O2. The van der Waals surface area contributed by atoms with E-state index < -0.39 is 23.6 Å². The Morgan fingerprint density at radius 3 is 2.69 bits per heavy atom. The number of hydrogen-bond acceptors (Lipinski definition) is 5. The third-order valence-corrected chi connectivity index (χ3v) is 6.53. The monoisotopic (exact) mass is 503 g/mol. The summed E-state index contributed by atoms with van der Waals surface area (Å²) in [4.78, 5) is 21.8. The Morgan fingerprint density at radius 1 is 1.20 bits per heavy atom. The third-order valence-electron chi connectivity index (χ3n) is 6.30. The van der Waals surface area contributed by atoms with Gasteiger partial charge in [0.15, 0.2) is 5.82 Å². The van der Waals surface area contributed by atoms with Gasteiger partial charge >= 0.3 is 0 Å². The fourth-order valence-electron chi connectivity index (χ4n) is 4.49. The minimum Gasteiger partial charge on any atom is -0.373 e. The average Bonchev–Trinajstić information content (AvgIpc) is 3.27. The van der Waals surface area contributed by atoms with Crippen molar-refractivity contribution in [3.8, 4) is 11.3 Å². The van der Waals surface area contributed by atoms with Gasteiger partial charge in [-0.05, 0) is 37.1 Å². The van der Waals surface area contributed by atoms with Crippen LogP contribution in [0.5, 0.6) is 0 Å². The van der Waals surface area contributed by atoms with Crippen LogP contribution in [-0.2, 0) is 18.8 Å². The molecule has 0 N–H and O–H groups in total. The fourth-order valence-corrected chi connectivity index (χ4v) is 4.65. The molecular weight excluding hydrogens is 483 g/mol. The zero-order valence-corrected chi connectivity index (χ0v) is 19.6. The van der Waals surface area contributed by atoms with Crippen molar-refractivity contribution < 1.29 is 17.9 Å². The number of aromatic nitrogens is 5. The van der Waals surface area contributed by atoms with Crippen LogP contribution in [0.3, 0.4) is 0 Å². The molecule has 1 saturated heterocycles. The lowest BCUT2D eigenvalue weighted by molar-refractivity contribution is 0.00464. The smallest absolute Gasteiger partial charge is 0.295 e. The highest BCUT2D eigenvalue weighted by Crippen LogP contribution is 2.39. The molecule has 0 radical (unpaired) electrons. The number of nitrogens with zero attached hydrogens (tertiary/aromatic N) is 5. The molecule has 1 fully saturated rings. The summed E-state index contributed by atoms with van der Waals surface area (Å²) >= 11 is 5.92. The van der Waals surface area contributed by atoms with E-state index in [9.17, 15) is 18.0 Å². The maximum atomic E-state index is 14.9. The Labute approximate surface area is 203 Å². The van der Waals surface area contributed by atoms with Gasteiger partial charge < -0.3 is 4.74 Å². The first-order valence-electron chi connectivity index (χ1n) is 11.0. The van der Waals surface area contributed by atoms with Crippen molar-refractivity contribution in [3.63, 3.8) is 0 Å². The number of aryl methyl sites for hydroxylation is 1. The molecule has 7 nitrogen and oxygen atoms in total. The SMILES string of the molecule is Cn1cc([C@@H]2C[C@H](c3cc4c(=O)n(C)c(C(F)F)nc4c(-c4ccc(Cl)cc4F)n3)CCO2)cn1. The van der Waals surface area contributed by atoms with Crippen molar-refractivity contribution >= 4 is 22.5 Å². The number of halogens is 4. The highest BCUT2D eigenvalue weighted by atomic mass is 35.5. The minimum absolute atomic E-state index is 0.0238. The van der Waals surface area contributed by atoms with Crippen LogP contribution in [-0.4, -0.2) is 30.9 Å². The van der Waals surface area contributed by atoms with E-state index in [0.29, 0.717) is 25.1 Å². The van der Waals surface area contributed by atoms with Crippen molar-refractivity contribution in [1.82, 2.24) is 24.3 Å². The summed E-state index contributed by atoms with van der Waals surface area (Å²) in [5, 5.41) is 4.47. The van der Waals surface area contributed by atoms with Gasteiger partial charge in [0.25, 0.3) is 12.0 Å². The molecule has 4 aromatic rings. The summed E-state index contributed by atoms with van der Waals surface area (Å²) in [6.07, 6.45) is 1.59. The molecule has 1 aromatic carbocycles.